The van der Waals surface area contributed by atoms with Crippen LogP contribution < -0.4 is 10.9 Å². The third-order valence-corrected chi connectivity index (χ3v) is 3.98. The highest BCUT2D eigenvalue weighted by Gasteiger charge is 2.18. The number of nitrogens with zero attached hydrogens (tertiary/aromatic N) is 4. The van der Waals surface area contributed by atoms with Gasteiger partial charge in [0.1, 0.15) is 0 Å². The number of carbonyl (C=O) groups excluding carboxylic acids is 1. The Hall–Kier alpha value is -3.74. The summed E-state index contributed by atoms with van der Waals surface area (Å²) < 4.78 is 2.84. The number of carbonyl (C=O) groups is 1. The molecule has 1 amide bonds. The van der Waals surface area contributed by atoms with Crippen LogP contribution in [0.3, 0.4) is 0 Å². The fourth-order valence-electron chi connectivity index (χ4n) is 2.76. The Kier molecular flexibility index (Phi) is 3.81. The largest absolute Gasteiger partial charge is 0.304 e. The quantitative estimate of drug-likeness (QED) is 0.618. The van der Waals surface area contributed by atoms with E-state index in [1.54, 1.807) is 60.4 Å². The Balaban J connectivity index is 1.89. The number of aryl methyl sites for hydroxylation is 1. The highest BCUT2D eigenvalue weighted by molar-refractivity contribution is 6.10. The lowest BCUT2D eigenvalue weighted by atomic mass is 10.1. The second kappa shape index (κ2) is 6.29. The topological polar surface area (TPSA) is 81.8 Å². The first-order valence-electron chi connectivity index (χ1n) is 8.02. The highest BCUT2D eigenvalue weighted by Crippen LogP contribution is 2.16. The molecule has 0 spiro atoms. The van der Waals surface area contributed by atoms with Crippen LogP contribution in [0.4, 0.5) is 5.82 Å². The van der Waals surface area contributed by atoms with Crippen molar-refractivity contribution in [3.8, 4) is 5.69 Å². The lowest BCUT2D eigenvalue weighted by molar-refractivity contribution is 0.102. The molecular weight excluding hydrogens is 330 g/mol. The maximum atomic E-state index is 12.8. The van der Waals surface area contributed by atoms with E-state index in [0.29, 0.717) is 22.3 Å². The Morgan fingerprint density at radius 3 is 2.31 bits per heavy atom. The molecule has 0 radical (unpaired) electrons. The molecule has 0 bridgehead atoms. The normalized spacial score (nSPS) is 10.8. The van der Waals surface area contributed by atoms with Crippen LogP contribution in [0, 0.1) is 0 Å². The number of fused-ring (bicyclic) bond motifs is 1. The van der Waals surface area contributed by atoms with Crippen LogP contribution in [0.5, 0.6) is 0 Å². The number of nitrogens with one attached hydrogen (secondary N) is 1. The summed E-state index contributed by atoms with van der Waals surface area (Å²) in [4.78, 5) is 25.6. The SMILES string of the molecule is Cn1ccc(NC(=O)c2nn(-c3ccccc3)c(=O)c3ccccc23)n1. The van der Waals surface area contributed by atoms with Gasteiger partial charge in [-0.05, 0) is 18.2 Å². The zero-order chi connectivity index (χ0) is 18.1. The van der Waals surface area contributed by atoms with Crippen molar-refractivity contribution in [2.24, 2.45) is 7.05 Å². The van der Waals surface area contributed by atoms with E-state index in [1.807, 2.05) is 18.2 Å². The number of anilines is 1. The zero-order valence-electron chi connectivity index (χ0n) is 14.0. The number of para-hydroxylation sites is 1. The van der Waals surface area contributed by atoms with Crippen LogP contribution in [0.1, 0.15) is 10.5 Å². The van der Waals surface area contributed by atoms with E-state index in [0.717, 1.165) is 0 Å². The molecule has 0 aliphatic heterocycles. The average Bonchev–Trinajstić information content (AvgIpc) is 3.07. The number of amides is 1. The van der Waals surface area contributed by atoms with E-state index in [9.17, 15) is 9.59 Å². The second-order valence-electron chi connectivity index (χ2n) is 5.78. The smallest absolute Gasteiger partial charge is 0.279 e. The maximum absolute atomic E-state index is 12.8. The molecule has 128 valence electrons. The Morgan fingerprint density at radius 2 is 1.62 bits per heavy atom. The Bertz CT molecular complexity index is 1160. The van der Waals surface area contributed by atoms with Crippen LogP contribution in [-0.4, -0.2) is 25.5 Å². The van der Waals surface area contributed by atoms with Gasteiger partial charge in [-0.15, -0.1) is 0 Å². The van der Waals surface area contributed by atoms with Gasteiger partial charge < -0.3 is 5.32 Å². The van der Waals surface area contributed by atoms with E-state index in [4.69, 9.17) is 0 Å². The summed E-state index contributed by atoms with van der Waals surface area (Å²) in [6, 6.07) is 17.6. The van der Waals surface area contributed by atoms with E-state index >= 15 is 0 Å². The van der Waals surface area contributed by atoms with Crippen molar-refractivity contribution in [3.63, 3.8) is 0 Å². The molecule has 0 saturated heterocycles. The van der Waals surface area contributed by atoms with E-state index in [2.05, 4.69) is 15.5 Å². The van der Waals surface area contributed by atoms with Gasteiger partial charge in [-0.3, -0.25) is 14.3 Å². The van der Waals surface area contributed by atoms with Crippen LogP contribution in [0.15, 0.2) is 71.7 Å². The maximum Gasteiger partial charge on any atom is 0.279 e. The van der Waals surface area contributed by atoms with Gasteiger partial charge in [-0.1, -0.05) is 36.4 Å². The predicted molar refractivity (Wildman–Crippen MR) is 98.5 cm³/mol. The molecule has 0 unspecified atom stereocenters. The van der Waals surface area contributed by atoms with Gasteiger partial charge in [0.05, 0.1) is 11.1 Å². The lowest BCUT2D eigenvalue weighted by Crippen LogP contribution is -2.26. The van der Waals surface area contributed by atoms with Crippen LogP contribution in [-0.2, 0) is 7.05 Å². The average molecular weight is 345 g/mol. The van der Waals surface area contributed by atoms with Crippen molar-refractivity contribution >= 4 is 22.5 Å². The van der Waals surface area contributed by atoms with E-state index in [-0.39, 0.29) is 11.3 Å². The van der Waals surface area contributed by atoms with Gasteiger partial charge in [0, 0.05) is 24.7 Å². The fraction of sp³-hybridized carbons (Fsp3) is 0.0526. The first-order chi connectivity index (χ1) is 12.6. The minimum absolute atomic E-state index is 0.162. The van der Waals surface area contributed by atoms with E-state index < -0.39 is 5.91 Å². The van der Waals surface area contributed by atoms with E-state index in [1.165, 1.54) is 4.68 Å². The summed E-state index contributed by atoms with van der Waals surface area (Å²) >= 11 is 0. The predicted octanol–water partition coefficient (Wildman–Crippen LogP) is 2.37. The molecule has 2 heterocycles. The monoisotopic (exact) mass is 345 g/mol. The van der Waals surface area contributed by atoms with Gasteiger partial charge in [-0.2, -0.15) is 14.9 Å². The van der Waals surface area contributed by atoms with Crippen LogP contribution in [0.2, 0.25) is 0 Å². The molecule has 2 aromatic heterocycles. The zero-order valence-corrected chi connectivity index (χ0v) is 14.0. The summed E-state index contributed by atoms with van der Waals surface area (Å²) in [7, 11) is 1.76. The van der Waals surface area contributed by atoms with Crippen LogP contribution in [0.25, 0.3) is 16.5 Å². The number of aromatic nitrogens is 4. The standard InChI is InChI=1S/C19H15N5O2/c1-23-12-11-16(21-23)20-18(25)17-14-9-5-6-10-15(14)19(26)24(22-17)13-7-3-2-4-8-13/h2-12H,1H3,(H,20,21,25). The van der Waals surface area contributed by atoms with Gasteiger partial charge in [-0.25, -0.2) is 0 Å². The molecule has 26 heavy (non-hydrogen) atoms. The second-order valence-corrected chi connectivity index (χ2v) is 5.78. The fourth-order valence-corrected chi connectivity index (χ4v) is 2.76. The van der Waals surface area contributed by atoms with Crippen molar-refractivity contribution < 1.29 is 4.79 Å². The number of hydrogen-bond acceptors (Lipinski definition) is 4. The van der Waals surface area contributed by atoms with Crippen molar-refractivity contribution in [3.05, 3.63) is 82.9 Å². The van der Waals surface area contributed by atoms with Gasteiger partial charge in [0.25, 0.3) is 11.5 Å². The summed E-state index contributed by atoms with van der Waals surface area (Å²) in [5.41, 5.74) is 0.478. The van der Waals surface area contributed by atoms with Gasteiger partial charge in [0.2, 0.25) is 0 Å². The molecule has 4 aromatic rings. The first-order valence-corrected chi connectivity index (χ1v) is 8.02. The van der Waals surface area contributed by atoms with Crippen molar-refractivity contribution in [1.29, 1.82) is 0 Å². The minimum atomic E-state index is -0.426. The first kappa shape index (κ1) is 15.8. The lowest BCUT2D eigenvalue weighted by Gasteiger charge is -2.10. The number of benzene rings is 2. The van der Waals surface area contributed by atoms with Crippen LogP contribution >= 0.6 is 0 Å². The number of hydrogen-bond donors (Lipinski definition) is 1. The van der Waals surface area contributed by atoms with Crippen molar-refractivity contribution in [2.75, 3.05) is 5.32 Å². The Morgan fingerprint density at radius 1 is 0.923 bits per heavy atom. The molecule has 4 rings (SSSR count). The third-order valence-electron chi connectivity index (χ3n) is 3.98. The number of rotatable bonds is 3. The van der Waals surface area contributed by atoms with Crippen molar-refractivity contribution in [2.45, 2.75) is 0 Å². The highest BCUT2D eigenvalue weighted by atomic mass is 16.2. The minimum Gasteiger partial charge on any atom is -0.304 e. The molecular formula is C19H15N5O2. The summed E-state index contributed by atoms with van der Waals surface area (Å²) in [5, 5.41) is 12.1. The molecule has 0 saturated carbocycles. The summed E-state index contributed by atoms with van der Waals surface area (Å²) in [6.45, 7) is 0. The third kappa shape index (κ3) is 2.75. The molecule has 0 aliphatic carbocycles. The van der Waals surface area contributed by atoms with Gasteiger partial charge in [0.15, 0.2) is 11.5 Å². The summed E-state index contributed by atoms with van der Waals surface area (Å²) in [5.74, 6) is -0.00887. The Labute approximate surface area is 148 Å². The van der Waals surface area contributed by atoms with Gasteiger partial charge >= 0.3 is 0 Å². The molecule has 2 aromatic carbocycles. The molecule has 0 atom stereocenters. The van der Waals surface area contributed by atoms with Crippen molar-refractivity contribution in [1.82, 2.24) is 19.6 Å². The molecule has 0 aliphatic rings. The summed E-state index contributed by atoms with van der Waals surface area (Å²) in [6.07, 6.45) is 1.73. The molecule has 7 nitrogen and oxygen atoms in total. The molecule has 7 heteroatoms. The molecule has 1 N–H and O–H groups in total. The molecule has 0 fully saturated rings.